The van der Waals surface area contributed by atoms with Gasteiger partial charge in [-0.2, -0.15) is 0 Å². The minimum absolute atomic E-state index is 0.0222. The molecule has 40 heavy (non-hydrogen) atoms. The maximum atomic E-state index is 13.8. The fraction of sp³-hybridized carbons (Fsp3) is 0.441. The second-order valence-electron chi connectivity index (χ2n) is 12.4. The lowest BCUT2D eigenvalue weighted by Crippen LogP contribution is -2.52. The number of hydrogen-bond acceptors (Lipinski definition) is 3. The highest BCUT2D eigenvalue weighted by atomic mass is 16.2. The number of allylic oxidation sites excluding steroid dienone is 1. The van der Waals surface area contributed by atoms with Crippen LogP contribution in [-0.2, 0) is 24.4 Å². The van der Waals surface area contributed by atoms with E-state index in [1.54, 1.807) is 18.6 Å². The largest absolute Gasteiger partial charge is 0.347 e. The molecule has 0 radical (unpaired) electrons. The zero-order valence-corrected chi connectivity index (χ0v) is 23.8. The summed E-state index contributed by atoms with van der Waals surface area (Å²) in [6.45, 7) is 1.55. The summed E-state index contributed by atoms with van der Waals surface area (Å²) in [5.41, 5.74) is 7.38. The van der Waals surface area contributed by atoms with Crippen molar-refractivity contribution in [1.29, 1.82) is 0 Å². The lowest BCUT2D eigenvalue weighted by atomic mass is 9.75. The minimum atomic E-state index is -0.475. The molecule has 2 heterocycles. The van der Waals surface area contributed by atoms with Gasteiger partial charge in [-0.1, -0.05) is 31.1 Å². The fourth-order valence-corrected chi connectivity index (χ4v) is 7.30. The van der Waals surface area contributed by atoms with Gasteiger partial charge in [-0.05, 0) is 105 Å². The van der Waals surface area contributed by atoms with E-state index in [9.17, 15) is 9.59 Å². The molecular formula is C34H38N4O2. The van der Waals surface area contributed by atoms with E-state index in [2.05, 4.69) is 39.7 Å². The predicted octanol–water partition coefficient (Wildman–Crippen LogP) is 7.01. The molecule has 2 aromatic carbocycles. The molecule has 0 unspecified atom stereocenters. The van der Waals surface area contributed by atoms with Crippen LogP contribution in [-0.4, -0.2) is 25.8 Å². The number of benzene rings is 2. The molecule has 3 aliphatic carbocycles. The predicted molar refractivity (Wildman–Crippen MR) is 160 cm³/mol. The van der Waals surface area contributed by atoms with Gasteiger partial charge < -0.3 is 14.5 Å². The van der Waals surface area contributed by atoms with Crippen molar-refractivity contribution in [2.45, 2.75) is 82.1 Å². The molecule has 6 heteroatoms. The molecule has 2 aromatic heterocycles. The maximum Gasteiger partial charge on any atom is 0.252 e. The van der Waals surface area contributed by atoms with Crippen molar-refractivity contribution in [3.8, 4) is 0 Å². The molecule has 4 aromatic rings. The summed E-state index contributed by atoms with van der Waals surface area (Å²) < 4.78 is 4.50. The number of imidazole rings is 1. The van der Waals surface area contributed by atoms with Gasteiger partial charge in [0.15, 0.2) is 5.78 Å². The van der Waals surface area contributed by atoms with Crippen LogP contribution in [0.3, 0.4) is 0 Å². The zero-order valence-electron chi connectivity index (χ0n) is 23.8. The number of carbonyl (C=O) groups is 2. The molecular weight excluding hydrogens is 496 g/mol. The zero-order chi connectivity index (χ0) is 27.6. The molecule has 3 fully saturated rings. The third kappa shape index (κ3) is 4.11. The fourth-order valence-electron chi connectivity index (χ4n) is 7.30. The SMILES string of the molecule is CC(=O)/C=C/c1ccc2nc(C3(NC(=O)c4ccc5c(C6CCCC6)c(C6CC6)n(C)c5c4)CCC3)n(C)c2c1. The quantitative estimate of drug-likeness (QED) is 0.259. The van der Waals surface area contributed by atoms with Crippen molar-refractivity contribution in [1.82, 2.24) is 19.4 Å². The van der Waals surface area contributed by atoms with Crippen LogP contribution >= 0.6 is 0 Å². The molecule has 3 saturated carbocycles. The lowest BCUT2D eigenvalue weighted by molar-refractivity contribution is -0.112. The Morgan fingerprint density at radius 2 is 1.70 bits per heavy atom. The Labute approximate surface area is 235 Å². The van der Waals surface area contributed by atoms with Gasteiger partial charge in [0.25, 0.3) is 5.91 Å². The van der Waals surface area contributed by atoms with Crippen LogP contribution in [0, 0.1) is 0 Å². The maximum absolute atomic E-state index is 13.8. The van der Waals surface area contributed by atoms with Crippen LogP contribution in [0.25, 0.3) is 28.0 Å². The first kappa shape index (κ1) is 25.3. The average molecular weight is 535 g/mol. The van der Waals surface area contributed by atoms with E-state index in [1.807, 2.05) is 31.3 Å². The minimum Gasteiger partial charge on any atom is -0.347 e. The van der Waals surface area contributed by atoms with E-state index in [4.69, 9.17) is 4.98 Å². The number of aryl methyl sites for hydroxylation is 2. The number of amides is 1. The Bertz CT molecular complexity index is 1690. The standard InChI is InChI=1S/C34H38N4O2/c1-21(39)9-10-22-11-16-27-29(19-22)38(3)33(35-27)34(17-6-18-34)36-32(40)25-14-15-26-28(20-25)37(2)31(24-12-13-24)30(26)23-7-4-5-8-23/h9-11,14-16,19-20,23-24H,4-8,12-13,17-18H2,1-3H3,(H,36,40)/b10-9+. The van der Waals surface area contributed by atoms with Gasteiger partial charge in [0.1, 0.15) is 5.82 Å². The summed E-state index contributed by atoms with van der Waals surface area (Å²) in [5.74, 6) is 2.23. The van der Waals surface area contributed by atoms with E-state index < -0.39 is 5.54 Å². The first-order valence-electron chi connectivity index (χ1n) is 14.9. The van der Waals surface area contributed by atoms with Crippen molar-refractivity contribution >= 4 is 39.7 Å². The van der Waals surface area contributed by atoms with Crippen LogP contribution in [0.5, 0.6) is 0 Å². The van der Waals surface area contributed by atoms with Gasteiger partial charge >= 0.3 is 0 Å². The van der Waals surface area contributed by atoms with Crippen LogP contribution in [0.4, 0.5) is 0 Å². The van der Waals surface area contributed by atoms with Crippen molar-refractivity contribution in [2.24, 2.45) is 14.1 Å². The van der Waals surface area contributed by atoms with E-state index in [0.29, 0.717) is 11.8 Å². The number of nitrogens with zero attached hydrogens (tertiary/aromatic N) is 3. The van der Waals surface area contributed by atoms with Gasteiger partial charge in [-0.3, -0.25) is 9.59 Å². The van der Waals surface area contributed by atoms with Crippen LogP contribution in [0.1, 0.15) is 110 Å². The highest BCUT2D eigenvalue weighted by Crippen LogP contribution is 2.50. The lowest BCUT2D eigenvalue weighted by Gasteiger charge is -2.41. The van der Waals surface area contributed by atoms with Crippen molar-refractivity contribution in [3.05, 3.63) is 70.7 Å². The van der Waals surface area contributed by atoms with E-state index in [-0.39, 0.29) is 11.7 Å². The number of ketones is 1. The molecule has 0 saturated heterocycles. The molecule has 1 amide bonds. The third-order valence-electron chi connectivity index (χ3n) is 9.68. The topological polar surface area (TPSA) is 68.9 Å². The third-order valence-corrected chi connectivity index (χ3v) is 9.68. The molecule has 206 valence electrons. The summed E-state index contributed by atoms with van der Waals surface area (Å²) in [5, 5.41) is 4.77. The van der Waals surface area contributed by atoms with E-state index >= 15 is 0 Å². The Kier molecular flexibility index (Phi) is 5.99. The first-order chi connectivity index (χ1) is 19.3. The smallest absolute Gasteiger partial charge is 0.252 e. The molecule has 1 N–H and O–H groups in total. The van der Waals surface area contributed by atoms with Crippen molar-refractivity contribution in [3.63, 3.8) is 0 Å². The highest BCUT2D eigenvalue weighted by molar-refractivity contribution is 6.00. The van der Waals surface area contributed by atoms with Gasteiger partial charge in [-0.15, -0.1) is 0 Å². The van der Waals surface area contributed by atoms with Crippen LogP contribution in [0.15, 0.2) is 42.5 Å². The Balaban J connectivity index is 1.22. The summed E-state index contributed by atoms with van der Waals surface area (Å²) in [4.78, 5) is 30.2. The summed E-state index contributed by atoms with van der Waals surface area (Å²) in [6.07, 6.45) is 14.0. The molecule has 6 nitrogen and oxygen atoms in total. The highest BCUT2D eigenvalue weighted by Gasteiger charge is 2.44. The molecule has 0 aliphatic heterocycles. The Hall–Kier alpha value is -3.67. The van der Waals surface area contributed by atoms with Crippen LogP contribution < -0.4 is 5.32 Å². The number of carbonyl (C=O) groups excluding carboxylic acids is 2. The van der Waals surface area contributed by atoms with Crippen molar-refractivity contribution in [2.75, 3.05) is 0 Å². The number of nitrogens with one attached hydrogen (secondary N) is 1. The summed E-state index contributed by atoms with van der Waals surface area (Å²) in [6, 6.07) is 12.4. The molecule has 0 atom stereocenters. The monoisotopic (exact) mass is 534 g/mol. The number of fused-ring (bicyclic) bond motifs is 2. The molecule has 7 rings (SSSR count). The number of aromatic nitrogens is 3. The number of hydrogen-bond donors (Lipinski definition) is 1. The Morgan fingerprint density at radius 3 is 2.38 bits per heavy atom. The summed E-state index contributed by atoms with van der Waals surface area (Å²) in [7, 11) is 4.22. The first-order valence-corrected chi connectivity index (χ1v) is 14.9. The second kappa shape index (κ2) is 9.46. The second-order valence-corrected chi connectivity index (χ2v) is 12.4. The molecule has 3 aliphatic rings. The number of rotatable bonds is 7. The van der Waals surface area contributed by atoms with Gasteiger partial charge in [0.05, 0.1) is 16.6 Å². The molecule has 0 bridgehead atoms. The summed E-state index contributed by atoms with van der Waals surface area (Å²) >= 11 is 0. The van der Waals surface area contributed by atoms with Gasteiger partial charge in [0, 0.05) is 36.3 Å². The van der Waals surface area contributed by atoms with Crippen molar-refractivity contribution < 1.29 is 9.59 Å². The van der Waals surface area contributed by atoms with Gasteiger partial charge in [0.2, 0.25) is 0 Å². The van der Waals surface area contributed by atoms with Gasteiger partial charge in [-0.25, -0.2) is 4.98 Å². The Morgan fingerprint density at radius 1 is 0.925 bits per heavy atom. The van der Waals surface area contributed by atoms with E-state index in [0.717, 1.165) is 47.2 Å². The molecule has 0 spiro atoms. The average Bonchev–Trinajstić information content (AvgIpc) is 3.38. The van der Waals surface area contributed by atoms with E-state index in [1.165, 1.54) is 55.1 Å². The van der Waals surface area contributed by atoms with Crippen LogP contribution in [0.2, 0.25) is 0 Å². The normalized spacial score (nSPS) is 19.1.